The number of nitrogens with one attached hydrogen (secondary N) is 1. The van der Waals surface area contributed by atoms with Crippen molar-refractivity contribution in [1.29, 1.82) is 0 Å². The van der Waals surface area contributed by atoms with Gasteiger partial charge in [-0.15, -0.1) is 0 Å². The molecule has 110 valence electrons. The lowest BCUT2D eigenvalue weighted by molar-refractivity contribution is 0.419. The van der Waals surface area contributed by atoms with E-state index in [0.29, 0.717) is 0 Å². The highest BCUT2D eigenvalue weighted by molar-refractivity contribution is 5.26. The molecule has 1 rings (SSSR count). The summed E-state index contributed by atoms with van der Waals surface area (Å²) in [6, 6.07) is 2.33. The average molecular weight is 264 g/mol. The lowest BCUT2D eigenvalue weighted by atomic mass is 9.99. The molecule has 0 aromatic carbocycles. The van der Waals surface area contributed by atoms with Crippen LogP contribution in [0.2, 0.25) is 0 Å². The van der Waals surface area contributed by atoms with Crippen LogP contribution in [0, 0.1) is 19.8 Å². The molecule has 0 saturated heterocycles. The summed E-state index contributed by atoms with van der Waals surface area (Å²) in [5.41, 5.74) is 4.27. The summed E-state index contributed by atoms with van der Waals surface area (Å²) < 4.78 is 2.39. The van der Waals surface area contributed by atoms with Crippen LogP contribution in [-0.4, -0.2) is 11.1 Å². The fraction of sp³-hybridized carbons (Fsp3) is 0.765. The van der Waals surface area contributed by atoms with Crippen LogP contribution in [0.15, 0.2) is 6.07 Å². The minimum Gasteiger partial charge on any atom is -0.349 e. The molecule has 0 saturated carbocycles. The Labute approximate surface area is 119 Å². The Hall–Kier alpha value is -0.760. The second kappa shape index (κ2) is 8.42. The summed E-state index contributed by atoms with van der Waals surface area (Å²) in [6.07, 6.45) is 5.34. The second-order valence-electron chi connectivity index (χ2n) is 5.69. The molecule has 1 atom stereocenters. The van der Waals surface area contributed by atoms with Crippen molar-refractivity contribution in [2.45, 2.75) is 73.4 Å². The lowest BCUT2D eigenvalue weighted by Crippen LogP contribution is -2.22. The van der Waals surface area contributed by atoms with Gasteiger partial charge in [0.1, 0.15) is 0 Å². The quantitative estimate of drug-likeness (QED) is 0.698. The summed E-state index contributed by atoms with van der Waals surface area (Å²) in [7, 11) is 0. The van der Waals surface area contributed by atoms with Crippen LogP contribution in [0.25, 0.3) is 0 Å². The van der Waals surface area contributed by atoms with E-state index in [9.17, 15) is 0 Å². The van der Waals surface area contributed by atoms with Gasteiger partial charge in [0.25, 0.3) is 0 Å². The van der Waals surface area contributed by atoms with Crippen LogP contribution in [0.1, 0.15) is 63.4 Å². The number of aryl methyl sites for hydroxylation is 1. The summed E-state index contributed by atoms with van der Waals surface area (Å²) in [5, 5.41) is 3.65. The predicted molar refractivity (Wildman–Crippen MR) is 84.6 cm³/mol. The third-order valence-electron chi connectivity index (χ3n) is 4.29. The standard InChI is InChI=1S/C17H32N2/c1-6-9-10-16(7-2)12-18-13-17-11-14(4)19(8-3)15(17)5/h11,16,18H,6-10,12-13H2,1-5H3. The summed E-state index contributed by atoms with van der Waals surface area (Å²) in [5.74, 6) is 0.842. The number of hydrogen-bond acceptors (Lipinski definition) is 1. The Morgan fingerprint density at radius 3 is 2.47 bits per heavy atom. The van der Waals surface area contributed by atoms with E-state index in [1.54, 1.807) is 0 Å². The first kappa shape index (κ1) is 16.3. The van der Waals surface area contributed by atoms with Crippen LogP contribution in [0.3, 0.4) is 0 Å². The second-order valence-corrected chi connectivity index (χ2v) is 5.69. The molecule has 0 bridgehead atoms. The van der Waals surface area contributed by atoms with Crippen molar-refractivity contribution in [1.82, 2.24) is 9.88 Å². The normalized spacial score (nSPS) is 12.9. The maximum absolute atomic E-state index is 3.65. The fourth-order valence-electron chi connectivity index (χ4n) is 2.89. The van der Waals surface area contributed by atoms with Crippen molar-refractivity contribution in [2.75, 3.05) is 6.54 Å². The summed E-state index contributed by atoms with van der Waals surface area (Å²) in [6.45, 7) is 14.5. The largest absolute Gasteiger partial charge is 0.349 e. The van der Waals surface area contributed by atoms with Gasteiger partial charge in [-0.25, -0.2) is 0 Å². The molecule has 0 fully saturated rings. The van der Waals surface area contributed by atoms with E-state index in [-0.39, 0.29) is 0 Å². The van der Waals surface area contributed by atoms with Gasteiger partial charge in [-0.3, -0.25) is 0 Å². The molecule has 2 nitrogen and oxygen atoms in total. The Morgan fingerprint density at radius 2 is 1.95 bits per heavy atom. The predicted octanol–water partition coefficient (Wildman–Crippen LogP) is 4.43. The third-order valence-corrected chi connectivity index (χ3v) is 4.29. The molecule has 0 aliphatic carbocycles. The van der Waals surface area contributed by atoms with Crippen molar-refractivity contribution in [3.63, 3.8) is 0 Å². The topological polar surface area (TPSA) is 17.0 Å². The van der Waals surface area contributed by atoms with Crippen molar-refractivity contribution in [3.8, 4) is 0 Å². The van der Waals surface area contributed by atoms with Crippen molar-refractivity contribution in [2.24, 2.45) is 5.92 Å². The number of unbranched alkanes of at least 4 members (excludes halogenated alkanes) is 1. The minimum atomic E-state index is 0.842. The zero-order valence-corrected chi connectivity index (χ0v) is 13.6. The number of hydrogen-bond donors (Lipinski definition) is 1. The van der Waals surface area contributed by atoms with E-state index in [1.165, 1.54) is 42.6 Å². The molecule has 19 heavy (non-hydrogen) atoms. The fourth-order valence-corrected chi connectivity index (χ4v) is 2.89. The maximum Gasteiger partial charge on any atom is 0.0223 e. The summed E-state index contributed by atoms with van der Waals surface area (Å²) >= 11 is 0. The molecule has 0 amide bonds. The monoisotopic (exact) mass is 264 g/mol. The SMILES string of the molecule is CCCCC(CC)CNCc1cc(C)n(CC)c1C. The van der Waals surface area contributed by atoms with Crippen LogP contribution in [0.4, 0.5) is 0 Å². The molecule has 2 heteroatoms. The molecular weight excluding hydrogens is 232 g/mol. The van der Waals surface area contributed by atoms with Gasteiger partial charge in [0.2, 0.25) is 0 Å². The Balaban J connectivity index is 2.44. The molecule has 0 aliphatic heterocycles. The Kier molecular flexibility index (Phi) is 7.22. The number of aromatic nitrogens is 1. The van der Waals surface area contributed by atoms with Gasteiger partial charge >= 0.3 is 0 Å². The van der Waals surface area contributed by atoms with Gasteiger partial charge in [0.05, 0.1) is 0 Å². The first-order valence-electron chi connectivity index (χ1n) is 8.00. The van der Waals surface area contributed by atoms with Crippen molar-refractivity contribution >= 4 is 0 Å². The number of nitrogens with zero attached hydrogens (tertiary/aromatic N) is 1. The van der Waals surface area contributed by atoms with Crippen LogP contribution in [0.5, 0.6) is 0 Å². The van der Waals surface area contributed by atoms with Crippen LogP contribution in [-0.2, 0) is 13.1 Å². The van der Waals surface area contributed by atoms with Crippen molar-refractivity contribution < 1.29 is 0 Å². The molecule has 1 aromatic heterocycles. The van der Waals surface area contributed by atoms with Gasteiger partial charge in [-0.1, -0.05) is 33.1 Å². The van der Waals surface area contributed by atoms with Gasteiger partial charge in [0, 0.05) is 24.5 Å². The zero-order valence-electron chi connectivity index (χ0n) is 13.6. The van der Waals surface area contributed by atoms with Gasteiger partial charge < -0.3 is 9.88 Å². The van der Waals surface area contributed by atoms with E-state index < -0.39 is 0 Å². The van der Waals surface area contributed by atoms with Crippen LogP contribution < -0.4 is 5.32 Å². The molecule has 0 spiro atoms. The Morgan fingerprint density at radius 1 is 1.21 bits per heavy atom. The smallest absolute Gasteiger partial charge is 0.0223 e. The van der Waals surface area contributed by atoms with Crippen LogP contribution >= 0.6 is 0 Å². The highest BCUT2D eigenvalue weighted by atomic mass is 15.0. The molecule has 1 unspecified atom stereocenters. The van der Waals surface area contributed by atoms with Gasteiger partial charge in [0.15, 0.2) is 0 Å². The highest BCUT2D eigenvalue weighted by Crippen LogP contribution is 2.16. The summed E-state index contributed by atoms with van der Waals surface area (Å²) in [4.78, 5) is 0. The molecule has 1 heterocycles. The average Bonchev–Trinajstić information content (AvgIpc) is 2.68. The lowest BCUT2D eigenvalue weighted by Gasteiger charge is -2.15. The van der Waals surface area contributed by atoms with Crippen molar-refractivity contribution in [3.05, 3.63) is 23.0 Å². The van der Waals surface area contributed by atoms with E-state index >= 15 is 0 Å². The first-order valence-corrected chi connectivity index (χ1v) is 8.00. The van der Waals surface area contributed by atoms with E-state index in [4.69, 9.17) is 0 Å². The van der Waals surface area contributed by atoms with E-state index in [0.717, 1.165) is 25.6 Å². The maximum atomic E-state index is 3.65. The first-order chi connectivity index (χ1) is 9.13. The zero-order chi connectivity index (χ0) is 14.3. The highest BCUT2D eigenvalue weighted by Gasteiger charge is 2.09. The number of rotatable bonds is 9. The molecule has 1 N–H and O–H groups in total. The third kappa shape index (κ3) is 4.68. The molecule has 0 aliphatic rings. The van der Waals surface area contributed by atoms with Gasteiger partial charge in [-0.05, 0) is 51.3 Å². The van der Waals surface area contributed by atoms with E-state index in [2.05, 4.69) is 50.6 Å². The molecule has 0 radical (unpaired) electrons. The molecular formula is C17H32N2. The van der Waals surface area contributed by atoms with Gasteiger partial charge in [-0.2, -0.15) is 0 Å². The Bertz CT molecular complexity index is 366. The minimum absolute atomic E-state index is 0.842. The van der Waals surface area contributed by atoms with E-state index in [1.807, 2.05) is 0 Å². The molecule has 1 aromatic rings.